The van der Waals surface area contributed by atoms with Crippen molar-refractivity contribution in [2.24, 2.45) is 0 Å². The quantitative estimate of drug-likeness (QED) is 0.387. The summed E-state index contributed by atoms with van der Waals surface area (Å²) in [6.07, 6.45) is 2.17. The van der Waals surface area contributed by atoms with Gasteiger partial charge in [-0.05, 0) is 66.9 Å². The van der Waals surface area contributed by atoms with E-state index in [1.54, 1.807) is 18.3 Å². The number of rotatable bonds is 4. The van der Waals surface area contributed by atoms with E-state index in [-0.39, 0.29) is 11.8 Å². The summed E-state index contributed by atoms with van der Waals surface area (Å²) < 4.78 is 24.8. The van der Waals surface area contributed by atoms with Gasteiger partial charge in [0.05, 0.1) is 16.2 Å². The number of nitrogens with one attached hydrogen (secondary N) is 3. The van der Waals surface area contributed by atoms with Crippen LogP contribution < -0.4 is 16.0 Å². The first kappa shape index (κ1) is 21.0. The van der Waals surface area contributed by atoms with Crippen LogP contribution in [0.15, 0.2) is 77.8 Å². The van der Waals surface area contributed by atoms with Crippen LogP contribution in [0.25, 0.3) is 10.9 Å². The molecule has 5 rings (SSSR count). The van der Waals surface area contributed by atoms with Gasteiger partial charge in [0.15, 0.2) is 9.84 Å². The maximum Gasteiger partial charge on any atom is 0.323 e. The van der Waals surface area contributed by atoms with Crippen molar-refractivity contribution in [3.8, 4) is 0 Å². The molecule has 3 N–H and O–H groups in total. The van der Waals surface area contributed by atoms with Gasteiger partial charge in [-0.25, -0.2) is 13.2 Å². The number of fused-ring (bicyclic) bond motifs is 3. The number of anilines is 4. The summed E-state index contributed by atoms with van der Waals surface area (Å²) >= 11 is 0. The second-order valence-electron chi connectivity index (χ2n) is 7.96. The predicted octanol–water partition coefficient (Wildman–Crippen LogP) is 5.26. The Morgan fingerprint density at radius 3 is 2.52 bits per heavy atom. The Bertz CT molecular complexity index is 1480. The van der Waals surface area contributed by atoms with E-state index < -0.39 is 9.84 Å². The number of hydrogen-bond donors (Lipinski definition) is 3. The van der Waals surface area contributed by atoms with Crippen LogP contribution in [0.5, 0.6) is 0 Å². The van der Waals surface area contributed by atoms with Gasteiger partial charge in [0.25, 0.3) is 0 Å². The van der Waals surface area contributed by atoms with Crippen molar-refractivity contribution in [1.29, 1.82) is 0 Å². The molecule has 166 valence electrons. The number of para-hydroxylation sites is 1. The van der Waals surface area contributed by atoms with Gasteiger partial charge in [0, 0.05) is 34.3 Å². The zero-order valence-electron chi connectivity index (χ0n) is 17.9. The Balaban J connectivity index is 1.45. The minimum atomic E-state index is -3.25. The molecule has 0 saturated heterocycles. The number of pyridine rings is 1. The summed E-state index contributed by atoms with van der Waals surface area (Å²) in [6, 6.07) is 19.7. The fourth-order valence-electron chi connectivity index (χ4n) is 4.08. The summed E-state index contributed by atoms with van der Waals surface area (Å²) in [6.45, 7) is 1.97. The zero-order valence-corrected chi connectivity index (χ0v) is 18.7. The number of hydrogen-bond acceptors (Lipinski definition) is 5. The summed E-state index contributed by atoms with van der Waals surface area (Å²) in [5.74, 6) is 0.116. The van der Waals surface area contributed by atoms with Gasteiger partial charge in [-0.2, -0.15) is 0 Å². The van der Waals surface area contributed by atoms with Crippen LogP contribution >= 0.6 is 0 Å². The normalized spacial score (nSPS) is 14.0. The molecule has 1 aliphatic heterocycles. The van der Waals surface area contributed by atoms with Crippen LogP contribution in [0.2, 0.25) is 0 Å². The third-order valence-electron chi connectivity index (χ3n) is 5.72. The van der Waals surface area contributed by atoms with Gasteiger partial charge < -0.3 is 16.0 Å². The van der Waals surface area contributed by atoms with E-state index in [9.17, 15) is 13.2 Å². The highest BCUT2D eigenvalue weighted by atomic mass is 32.2. The molecule has 0 unspecified atom stereocenters. The number of urea groups is 1. The number of aryl methyl sites for hydroxylation is 2. The molecule has 0 aliphatic carbocycles. The highest BCUT2D eigenvalue weighted by molar-refractivity contribution is 7.91. The van der Waals surface area contributed by atoms with Crippen molar-refractivity contribution < 1.29 is 13.2 Å². The summed E-state index contributed by atoms with van der Waals surface area (Å²) in [4.78, 5) is 17.2. The second kappa shape index (κ2) is 8.22. The van der Waals surface area contributed by atoms with Gasteiger partial charge in [-0.1, -0.05) is 24.3 Å². The van der Waals surface area contributed by atoms with Crippen LogP contribution in [0.1, 0.15) is 11.1 Å². The van der Waals surface area contributed by atoms with Gasteiger partial charge in [0.2, 0.25) is 0 Å². The fraction of sp³-hybridized carbons (Fsp3) is 0.120. The number of sulfone groups is 1. The molecule has 1 aliphatic rings. The minimum absolute atomic E-state index is 0.116. The number of nitrogens with zero attached hydrogens (tertiary/aromatic N) is 1. The molecule has 0 saturated carbocycles. The Morgan fingerprint density at radius 1 is 0.909 bits per heavy atom. The summed E-state index contributed by atoms with van der Waals surface area (Å²) in [5.41, 5.74) is 5.44. The van der Waals surface area contributed by atoms with Crippen molar-refractivity contribution in [3.63, 3.8) is 0 Å². The topological polar surface area (TPSA) is 100 Å². The third-order valence-corrected chi connectivity index (χ3v) is 7.52. The van der Waals surface area contributed by atoms with Crippen LogP contribution in [-0.2, 0) is 16.3 Å². The van der Waals surface area contributed by atoms with Crippen LogP contribution in [0, 0.1) is 6.92 Å². The first-order chi connectivity index (χ1) is 15.9. The van der Waals surface area contributed by atoms with E-state index in [0.29, 0.717) is 22.7 Å². The molecule has 1 aromatic heterocycles. The molecule has 0 radical (unpaired) electrons. The number of carbonyl (C=O) groups is 1. The van der Waals surface area contributed by atoms with E-state index in [2.05, 4.69) is 20.9 Å². The predicted molar refractivity (Wildman–Crippen MR) is 131 cm³/mol. The molecule has 2 amide bonds. The first-order valence-corrected chi connectivity index (χ1v) is 12.2. The molecule has 7 nitrogen and oxygen atoms in total. The highest BCUT2D eigenvalue weighted by Gasteiger charge is 2.28. The van der Waals surface area contributed by atoms with E-state index >= 15 is 0 Å². The molecule has 2 heterocycles. The van der Waals surface area contributed by atoms with E-state index in [4.69, 9.17) is 0 Å². The SMILES string of the molecule is Cc1ccc(NC(=O)Nc2ccccc2)cc1Nc1ccnc2ccc3c(c12)CCS3(=O)=O. The fourth-order valence-corrected chi connectivity index (χ4v) is 5.63. The zero-order chi connectivity index (χ0) is 23.0. The lowest BCUT2D eigenvalue weighted by atomic mass is 10.0. The number of amides is 2. The molecule has 0 fully saturated rings. The smallest absolute Gasteiger partial charge is 0.323 e. The van der Waals surface area contributed by atoms with Crippen molar-refractivity contribution in [2.45, 2.75) is 18.2 Å². The second-order valence-corrected chi connectivity index (χ2v) is 10.0. The van der Waals surface area contributed by atoms with E-state index in [0.717, 1.165) is 33.4 Å². The highest BCUT2D eigenvalue weighted by Crippen LogP contribution is 2.37. The van der Waals surface area contributed by atoms with Gasteiger partial charge in [-0.3, -0.25) is 4.98 Å². The largest absolute Gasteiger partial charge is 0.355 e. The van der Waals surface area contributed by atoms with Crippen LogP contribution in [-0.4, -0.2) is 25.2 Å². The molecule has 4 aromatic rings. The Labute approximate surface area is 191 Å². The van der Waals surface area contributed by atoms with E-state index in [1.807, 2.05) is 61.5 Å². The van der Waals surface area contributed by atoms with Gasteiger partial charge in [-0.15, -0.1) is 0 Å². The van der Waals surface area contributed by atoms with Crippen LogP contribution in [0.4, 0.5) is 27.5 Å². The standard InChI is InChI=1S/C25H22N4O3S/c1-16-7-8-18(28-25(30)27-17-5-3-2-4-6-17)15-22(16)29-21-11-13-26-20-9-10-23-19(24(20)21)12-14-33(23,31)32/h2-11,13,15H,12,14H2,1H3,(H,26,29)(H2,27,28,30). The summed E-state index contributed by atoms with van der Waals surface area (Å²) in [5, 5.41) is 9.89. The lowest BCUT2D eigenvalue weighted by Crippen LogP contribution is -2.19. The molecule has 3 aromatic carbocycles. The van der Waals surface area contributed by atoms with Gasteiger partial charge >= 0.3 is 6.03 Å². The molecular weight excluding hydrogens is 436 g/mol. The van der Waals surface area contributed by atoms with Crippen molar-refractivity contribution in [2.75, 3.05) is 21.7 Å². The molecule has 8 heteroatoms. The van der Waals surface area contributed by atoms with Crippen molar-refractivity contribution in [3.05, 3.63) is 84.1 Å². The molecule has 0 spiro atoms. The van der Waals surface area contributed by atoms with Crippen molar-refractivity contribution in [1.82, 2.24) is 4.98 Å². The maximum absolute atomic E-state index is 12.4. The Kier molecular flexibility index (Phi) is 5.22. The average Bonchev–Trinajstić information content (AvgIpc) is 3.11. The number of aromatic nitrogens is 1. The monoisotopic (exact) mass is 458 g/mol. The number of carbonyl (C=O) groups excluding carboxylic acids is 1. The molecule has 0 atom stereocenters. The molecular formula is C25H22N4O3S. The molecule has 33 heavy (non-hydrogen) atoms. The molecule has 0 bridgehead atoms. The van der Waals surface area contributed by atoms with Crippen molar-refractivity contribution >= 4 is 49.5 Å². The van der Waals surface area contributed by atoms with Crippen LogP contribution in [0.3, 0.4) is 0 Å². The summed E-state index contributed by atoms with van der Waals surface area (Å²) in [7, 11) is -3.25. The third kappa shape index (κ3) is 4.12. The maximum atomic E-state index is 12.4. The minimum Gasteiger partial charge on any atom is -0.355 e. The van der Waals surface area contributed by atoms with E-state index in [1.165, 1.54) is 0 Å². The Hall–Kier alpha value is -3.91. The number of benzene rings is 3. The van der Waals surface area contributed by atoms with Gasteiger partial charge in [0.1, 0.15) is 0 Å². The lowest BCUT2D eigenvalue weighted by Gasteiger charge is -2.15. The first-order valence-electron chi connectivity index (χ1n) is 10.5. The Morgan fingerprint density at radius 2 is 1.70 bits per heavy atom. The average molecular weight is 459 g/mol. The lowest BCUT2D eigenvalue weighted by molar-refractivity contribution is 0.262.